The van der Waals surface area contributed by atoms with Crippen LogP contribution in [0.5, 0.6) is 11.5 Å². The van der Waals surface area contributed by atoms with Gasteiger partial charge in [0.2, 0.25) is 6.79 Å². The quantitative estimate of drug-likeness (QED) is 0.192. The monoisotopic (exact) mass is 573 g/mol. The van der Waals surface area contributed by atoms with Crippen LogP contribution in [0.25, 0.3) is 17.4 Å². The summed E-state index contributed by atoms with van der Waals surface area (Å²) in [6.07, 6.45) is 1.62. The zero-order valence-electron chi connectivity index (χ0n) is 22.2. The standard InChI is InChI=1S/C29H23N3O8S/c1-4-37-28(34)25-16(3)30-29-31(26(25)17-5-9-22-23(12-17)39-14-38-22)27(33)24(41-29)13-19-7-10-21(40-19)20-8-6-18(32(35)36)11-15(20)2/h5-13,26H,4,14H2,1-3H3/b24-13-. The van der Waals surface area contributed by atoms with E-state index >= 15 is 0 Å². The topological polar surface area (TPSA) is 135 Å². The predicted octanol–water partition coefficient (Wildman–Crippen LogP) is 4.00. The molecule has 0 aliphatic carbocycles. The number of nitro benzene ring substituents is 1. The summed E-state index contributed by atoms with van der Waals surface area (Å²) in [5, 5.41) is 11.1. The Kier molecular flexibility index (Phi) is 6.54. The average Bonchev–Trinajstić information content (AvgIpc) is 3.67. The minimum atomic E-state index is -0.795. The van der Waals surface area contributed by atoms with Gasteiger partial charge in [0.1, 0.15) is 11.5 Å². The first-order chi connectivity index (χ1) is 19.7. The Hall–Kier alpha value is -4.97. The van der Waals surface area contributed by atoms with Gasteiger partial charge in [-0.3, -0.25) is 19.5 Å². The van der Waals surface area contributed by atoms with Crippen molar-refractivity contribution in [1.29, 1.82) is 0 Å². The summed E-state index contributed by atoms with van der Waals surface area (Å²) in [5.74, 6) is 1.47. The summed E-state index contributed by atoms with van der Waals surface area (Å²) in [6.45, 7) is 5.46. The Morgan fingerprint density at radius 1 is 1.17 bits per heavy atom. The molecule has 0 amide bonds. The van der Waals surface area contributed by atoms with Gasteiger partial charge in [0.25, 0.3) is 11.2 Å². The predicted molar refractivity (Wildman–Crippen MR) is 148 cm³/mol. The molecule has 0 saturated heterocycles. The first-order valence-electron chi connectivity index (χ1n) is 12.7. The lowest BCUT2D eigenvalue weighted by atomic mass is 9.95. The van der Waals surface area contributed by atoms with Crippen LogP contribution in [0.2, 0.25) is 0 Å². The van der Waals surface area contributed by atoms with Gasteiger partial charge < -0.3 is 18.6 Å². The van der Waals surface area contributed by atoms with E-state index in [2.05, 4.69) is 4.99 Å². The molecule has 4 heterocycles. The highest BCUT2D eigenvalue weighted by Crippen LogP contribution is 2.38. The van der Waals surface area contributed by atoms with E-state index < -0.39 is 16.9 Å². The molecule has 0 saturated carbocycles. The molecule has 4 aromatic rings. The number of aromatic nitrogens is 1. The average molecular weight is 574 g/mol. The van der Waals surface area contributed by atoms with Gasteiger partial charge in [0.05, 0.1) is 33.4 Å². The van der Waals surface area contributed by atoms with Crippen LogP contribution >= 0.6 is 11.3 Å². The molecule has 2 aliphatic heterocycles. The Labute approximate surface area is 236 Å². The molecular weight excluding hydrogens is 550 g/mol. The van der Waals surface area contributed by atoms with E-state index in [1.54, 1.807) is 63.2 Å². The molecule has 2 aromatic carbocycles. The third kappa shape index (κ3) is 4.61. The summed E-state index contributed by atoms with van der Waals surface area (Å²) in [4.78, 5) is 42.6. The third-order valence-electron chi connectivity index (χ3n) is 6.82. The van der Waals surface area contributed by atoms with Crippen molar-refractivity contribution in [2.24, 2.45) is 4.99 Å². The molecule has 12 heteroatoms. The highest BCUT2D eigenvalue weighted by molar-refractivity contribution is 7.07. The summed E-state index contributed by atoms with van der Waals surface area (Å²) in [5.41, 5.74) is 2.39. The Morgan fingerprint density at radius 3 is 2.73 bits per heavy atom. The normalized spacial score (nSPS) is 16.0. The van der Waals surface area contributed by atoms with Crippen molar-refractivity contribution >= 4 is 29.1 Å². The largest absolute Gasteiger partial charge is 0.463 e. The van der Waals surface area contributed by atoms with Crippen LogP contribution in [-0.4, -0.2) is 28.9 Å². The molecule has 1 atom stereocenters. The first-order valence-corrected chi connectivity index (χ1v) is 13.5. The Bertz CT molecular complexity index is 1950. The van der Waals surface area contributed by atoms with E-state index in [4.69, 9.17) is 18.6 Å². The molecule has 208 valence electrons. The number of benzene rings is 2. The molecule has 2 aliphatic rings. The number of esters is 1. The molecule has 41 heavy (non-hydrogen) atoms. The maximum Gasteiger partial charge on any atom is 0.338 e. The Morgan fingerprint density at radius 2 is 1.98 bits per heavy atom. The fraction of sp³-hybridized carbons (Fsp3) is 0.207. The van der Waals surface area contributed by atoms with Gasteiger partial charge in [-0.1, -0.05) is 17.4 Å². The number of fused-ring (bicyclic) bond motifs is 2. The van der Waals surface area contributed by atoms with Crippen molar-refractivity contribution in [2.45, 2.75) is 26.8 Å². The number of hydrogen-bond acceptors (Lipinski definition) is 10. The number of hydrogen-bond donors (Lipinski definition) is 0. The van der Waals surface area contributed by atoms with E-state index in [-0.39, 0.29) is 30.2 Å². The summed E-state index contributed by atoms with van der Waals surface area (Å²) < 4.78 is 24.2. The summed E-state index contributed by atoms with van der Waals surface area (Å²) in [7, 11) is 0. The zero-order chi connectivity index (χ0) is 28.8. The van der Waals surface area contributed by atoms with Gasteiger partial charge in [-0.25, -0.2) is 9.79 Å². The SMILES string of the molecule is CCOC(=O)C1=C(C)N=c2s/c(=C\c3ccc(-c4ccc([N+](=O)[O-])cc4C)o3)c(=O)n2C1c1ccc2c(c1)OCO2. The minimum Gasteiger partial charge on any atom is -0.463 e. The van der Waals surface area contributed by atoms with Crippen molar-refractivity contribution in [3.8, 4) is 22.8 Å². The Balaban J connectivity index is 1.45. The number of non-ortho nitro benzene ring substituents is 1. The van der Waals surface area contributed by atoms with Crippen LogP contribution in [0.1, 0.15) is 36.8 Å². The van der Waals surface area contributed by atoms with Gasteiger partial charge in [-0.05, 0) is 62.2 Å². The number of nitrogens with zero attached hydrogens (tertiary/aromatic N) is 3. The van der Waals surface area contributed by atoms with Crippen molar-refractivity contribution < 1.29 is 28.3 Å². The molecule has 0 spiro atoms. The lowest BCUT2D eigenvalue weighted by Gasteiger charge is -2.24. The smallest absolute Gasteiger partial charge is 0.338 e. The summed E-state index contributed by atoms with van der Waals surface area (Å²) in [6, 6.07) is 12.5. The fourth-order valence-corrected chi connectivity index (χ4v) is 5.96. The number of aryl methyl sites for hydroxylation is 1. The van der Waals surface area contributed by atoms with Crippen LogP contribution in [-0.2, 0) is 9.53 Å². The molecule has 0 N–H and O–H groups in total. The lowest BCUT2D eigenvalue weighted by Crippen LogP contribution is -2.39. The second kappa shape index (κ2) is 10.2. The van der Waals surface area contributed by atoms with E-state index in [0.29, 0.717) is 54.7 Å². The minimum absolute atomic E-state index is 0.00589. The molecule has 0 radical (unpaired) electrons. The van der Waals surface area contributed by atoms with E-state index in [9.17, 15) is 19.7 Å². The van der Waals surface area contributed by atoms with Crippen molar-refractivity contribution in [1.82, 2.24) is 4.57 Å². The number of thiazole rings is 1. The molecule has 1 unspecified atom stereocenters. The van der Waals surface area contributed by atoms with E-state index in [1.165, 1.54) is 28.0 Å². The molecule has 0 bridgehead atoms. The fourth-order valence-electron chi connectivity index (χ4n) is 4.93. The molecule has 2 aromatic heterocycles. The lowest BCUT2D eigenvalue weighted by molar-refractivity contribution is -0.384. The number of carbonyl (C=O) groups is 1. The maximum absolute atomic E-state index is 13.8. The van der Waals surface area contributed by atoms with Crippen molar-refractivity contribution in [3.63, 3.8) is 0 Å². The number of allylic oxidation sites excluding steroid dienone is 1. The molecular formula is C29H23N3O8S. The number of nitro groups is 1. The number of furan rings is 1. The summed E-state index contributed by atoms with van der Waals surface area (Å²) >= 11 is 1.18. The van der Waals surface area contributed by atoms with Gasteiger partial charge in [0, 0.05) is 23.8 Å². The van der Waals surface area contributed by atoms with Gasteiger partial charge in [-0.15, -0.1) is 0 Å². The maximum atomic E-state index is 13.8. The van der Waals surface area contributed by atoms with Crippen LogP contribution in [0, 0.1) is 17.0 Å². The van der Waals surface area contributed by atoms with Crippen molar-refractivity contribution in [2.75, 3.05) is 13.4 Å². The van der Waals surface area contributed by atoms with Crippen molar-refractivity contribution in [3.05, 3.63) is 106 Å². The zero-order valence-corrected chi connectivity index (χ0v) is 23.0. The van der Waals surface area contributed by atoms with Crippen LogP contribution in [0.4, 0.5) is 5.69 Å². The highest BCUT2D eigenvalue weighted by Gasteiger charge is 2.34. The number of carbonyl (C=O) groups excluding carboxylic acids is 1. The van der Waals surface area contributed by atoms with Crippen LogP contribution < -0.4 is 24.4 Å². The van der Waals surface area contributed by atoms with E-state index in [1.807, 2.05) is 0 Å². The van der Waals surface area contributed by atoms with Crippen LogP contribution in [0.3, 0.4) is 0 Å². The molecule has 0 fully saturated rings. The van der Waals surface area contributed by atoms with Gasteiger partial charge >= 0.3 is 5.97 Å². The first kappa shape index (κ1) is 26.3. The van der Waals surface area contributed by atoms with Crippen LogP contribution in [0.15, 0.2) is 74.0 Å². The van der Waals surface area contributed by atoms with Gasteiger partial charge in [-0.2, -0.15) is 0 Å². The second-order valence-corrected chi connectivity index (χ2v) is 10.4. The third-order valence-corrected chi connectivity index (χ3v) is 7.80. The van der Waals surface area contributed by atoms with Gasteiger partial charge in [0.15, 0.2) is 16.3 Å². The molecule has 11 nitrogen and oxygen atoms in total. The number of rotatable bonds is 6. The number of ether oxygens (including phenoxy) is 3. The second-order valence-electron chi connectivity index (χ2n) is 9.37. The highest BCUT2D eigenvalue weighted by atomic mass is 32.1. The molecule has 6 rings (SSSR count). The van der Waals surface area contributed by atoms with E-state index in [0.717, 1.165) is 0 Å².